The second kappa shape index (κ2) is 7.16. The molecule has 1 aromatic rings. The minimum atomic E-state index is -0.0520. The molecular weight excluding hydrogens is 314 g/mol. The fourth-order valence-corrected chi connectivity index (χ4v) is 4.49. The largest absolute Gasteiger partial charge is 0.332 e. The third-order valence-electron chi connectivity index (χ3n) is 4.15. The number of thioether (sulfide) groups is 1. The van der Waals surface area contributed by atoms with Crippen molar-refractivity contribution in [2.24, 2.45) is 0 Å². The van der Waals surface area contributed by atoms with Gasteiger partial charge in [-0.05, 0) is 31.9 Å². The van der Waals surface area contributed by atoms with Crippen LogP contribution in [0.5, 0.6) is 0 Å². The van der Waals surface area contributed by atoms with Crippen molar-refractivity contribution in [3.8, 4) is 0 Å². The van der Waals surface area contributed by atoms with Crippen LogP contribution in [0.2, 0.25) is 0 Å². The van der Waals surface area contributed by atoms with Crippen LogP contribution < -0.4 is 16.0 Å². The predicted octanol–water partition coefficient (Wildman–Crippen LogP) is 1.45. The summed E-state index contributed by atoms with van der Waals surface area (Å²) in [5.74, 6) is 1.44. The fraction of sp³-hybridized carbons (Fsp3) is 0.600. The third kappa shape index (κ3) is 4.13. The molecule has 0 saturated carbocycles. The maximum Gasteiger partial charge on any atom is 0.315 e. The number of carbonyl (C=O) groups excluding carboxylic acids is 2. The molecule has 3 N–H and O–H groups in total. The number of rotatable bonds is 6. The van der Waals surface area contributed by atoms with Crippen LogP contribution in [-0.2, 0) is 4.79 Å². The number of aryl methyl sites for hydroxylation is 1. The van der Waals surface area contributed by atoms with Gasteiger partial charge in [-0.25, -0.2) is 4.79 Å². The average molecular weight is 335 g/mol. The number of anilines is 1. The average Bonchev–Trinajstić information content (AvgIpc) is 3.06. The van der Waals surface area contributed by atoms with E-state index in [1.54, 1.807) is 6.07 Å². The van der Waals surface area contributed by atoms with Crippen LogP contribution in [0.15, 0.2) is 12.1 Å². The molecule has 2 aliphatic rings. The van der Waals surface area contributed by atoms with E-state index in [0.717, 1.165) is 30.7 Å². The summed E-state index contributed by atoms with van der Waals surface area (Å²) >= 11 is 1.90. The van der Waals surface area contributed by atoms with E-state index in [2.05, 4.69) is 26.1 Å². The predicted molar refractivity (Wildman–Crippen MR) is 89.4 cm³/mol. The minimum absolute atomic E-state index is 0.0315. The zero-order chi connectivity index (χ0) is 16.2. The summed E-state index contributed by atoms with van der Waals surface area (Å²) in [6.45, 7) is 1.85. The molecule has 3 heterocycles. The van der Waals surface area contributed by atoms with E-state index < -0.39 is 0 Å². The van der Waals surface area contributed by atoms with Crippen molar-refractivity contribution in [1.82, 2.24) is 20.8 Å². The highest BCUT2D eigenvalue weighted by molar-refractivity contribution is 8.00. The second-order valence-electron chi connectivity index (χ2n) is 5.98. The van der Waals surface area contributed by atoms with E-state index in [1.165, 1.54) is 0 Å². The van der Waals surface area contributed by atoms with E-state index in [0.29, 0.717) is 17.5 Å². The first-order chi connectivity index (χ1) is 11.1. The summed E-state index contributed by atoms with van der Waals surface area (Å²) in [5.41, 5.74) is 0.823. The quantitative estimate of drug-likeness (QED) is 0.540. The summed E-state index contributed by atoms with van der Waals surface area (Å²) < 4.78 is 0. The number of unbranched alkanes of at least 4 members (excludes halogenated alkanes) is 1. The molecule has 0 unspecified atom stereocenters. The van der Waals surface area contributed by atoms with Gasteiger partial charge < -0.3 is 16.0 Å². The van der Waals surface area contributed by atoms with Crippen molar-refractivity contribution >= 4 is 29.5 Å². The Morgan fingerprint density at radius 1 is 1.35 bits per heavy atom. The molecule has 0 aliphatic carbocycles. The Labute approximate surface area is 139 Å². The first kappa shape index (κ1) is 16.0. The van der Waals surface area contributed by atoms with Gasteiger partial charge in [0, 0.05) is 17.4 Å². The van der Waals surface area contributed by atoms with Crippen molar-refractivity contribution < 1.29 is 9.59 Å². The van der Waals surface area contributed by atoms with Crippen LogP contribution in [0.25, 0.3) is 0 Å². The van der Waals surface area contributed by atoms with Crippen molar-refractivity contribution in [3.05, 3.63) is 17.8 Å². The van der Waals surface area contributed by atoms with Gasteiger partial charge in [0.15, 0.2) is 5.82 Å². The van der Waals surface area contributed by atoms with Gasteiger partial charge in [0.05, 0.1) is 17.8 Å². The number of aromatic nitrogens is 2. The van der Waals surface area contributed by atoms with Crippen molar-refractivity contribution in [2.45, 2.75) is 49.9 Å². The molecule has 0 aromatic carbocycles. The highest BCUT2D eigenvalue weighted by Crippen LogP contribution is 2.33. The SMILES string of the molecule is Cc1ccc(NC(=O)CCCC[C@@H]2SC[C@@H]3NC(=O)N[C@@H]32)nn1. The van der Waals surface area contributed by atoms with Crippen molar-refractivity contribution in [2.75, 3.05) is 11.1 Å². The number of fused-ring (bicyclic) bond motifs is 1. The maximum absolute atomic E-state index is 11.9. The first-order valence-electron chi connectivity index (χ1n) is 7.90. The molecule has 124 valence electrons. The molecule has 0 bridgehead atoms. The molecule has 3 atom stereocenters. The van der Waals surface area contributed by atoms with Gasteiger partial charge in [-0.15, -0.1) is 5.10 Å². The molecule has 8 heteroatoms. The summed E-state index contributed by atoms with van der Waals surface area (Å²) in [4.78, 5) is 23.2. The standard InChI is InChI=1S/C15H21N5O2S/c1-9-6-7-12(20-19-9)17-13(21)5-3-2-4-11-14-10(8-23-11)16-15(22)18-14/h6-7,10-11,14H,2-5,8H2,1H3,(H2,16,18,22)(H,17,20,21)/t10-,11-,14-/m0/s1. The number of amides is 3. The number of nitrogens with zero attached hydrogens (tertiary/aromatic N) is 2. The smallest absolute Gasteiger partial charge is 0.315 e. The number of urea groups is 1. The molecular formula is C15H21N5O2S. The Kier molecular flexibility index (Phi) is 5.00. The second-order valence-corrected chi connectivity index (χ2v) is 7.25. The molecule has 1 aromatic heterocycles. The first-order valence-corrected chi connectivity index (χ1v) is 8.95. The van der Waals surface area contributed by atoms with E-state index in [-0.39, 0.29) is 24.0 Å². The zero-order valence-electron chi connectivity index (χ0n) is 13.0. The number of hydrogen-bond acceptors (Lipinski definition) is 5. The van der Waals surface area contributed by atoms with Crippen LogP contribution in [0.1, 0.15) is 31.4 Å². The molecule has 3 amide bonds. The Morgan fingerprint density at radius 2 is 2.22 bits per heavy atom. The van der Waals surface area contributed by atoms with Gasteiger partial charge in [-0.3, -0.25) is 4.79 Å². The Hall–Kier alpha value is -1.83. The normalized spacial score (nSPS) is 25.6. The lowest BCUT2D eigenvalue weighted by molar-refractivity contribution is -0.116. The lowest BCUT2D eigenvalue weighted by atomic mass is 10.0. The maximum atomic E-state index is 11.9. The number of nitrogens with one attached hydrogen (secondary N) is 3. The van der Waals surface area contributed by atoms with Gasteiger partial charge in [0.25, 0.3) is 0 Å². The summed E-state index contributed by atoms with van der Waals surface area (Å²) in [6.07, 6.45) is 3.31. The highest BCUT2D eigenvalue weighted by atomic mass is 32.2. The number of carbonyl (C=O) groups is 2. The van der Waals surface area contributed by atoms with Gasteiger partial charge in [0.2, 0.25) is 5.91 Å². The van der Waals surface area contributed by atoms with Gasteiger partial charge in [-0.2, -0.15) is 16.9 Å². The van der Waals surface area contributed by atoms with Gasteiger partial charge in [-0.1, -0.05) is 6.42 Å². The third-order valence-corrected chi connectivity index (χ3v) is 5.65. The van der Waals surface area contributed by atoms with E-state index in [9.17, 15) is 9.59 Å². The van der Waals surface area contributed by atoms with Crippen LogP contribution in [0.3, 0.4) is 0 Å². The van der Waals surface area contributed by atoms with Gasteiger partial charge >= 0.3 is 6.03 Å². The zero-order valence-corrected chi connectivity index (χ0v) is 13.9. The van der Waals surface area contributed by atoms with Gasteiger partial charge in [0.1, 0.15) is 0 Å². The summed E-state index contributed by atoms with van der Waals surface area (Å²) in [6, 6.07) is 4.03. The highest BCUT2D eigenvalue weighted by Gasteiger charge is 2.42. The van der Waals surface area contributed by atoms with Crippen molar-refractivity contribution in [3.63, 3.8) is 0 Å². The fourth-order valence-electron chi connectivity index (χ4n) is 2.95. The molecule has 2 aliphatic heterocycles. The van der Waals surface area contributed by atoms with E-state index in [4.69, 9.17) is 0 Å². The topological polar surface area (TPSA) is 96.0 Å². The van der Waals surface area contributed by atoms with Crippen molar-refractivity contribution in [1.29, 1.82) is 0 Å². The minimum Gasteiger partial charge on any atom is -0.332 e. The molecule has 0 radical (unpaired) electrons. The monoisotopic (exact) mass is 335 g/mol. The van der Waals surface area contributed by atoms with Crippen LogP contribution in [-0.4, -0.2) is 45.2 Å². The Balaban J connectivity index is 1.34. The molecule has 3 rings (SSSR count). The summed E-state index contributed by atoms with van der Waals surface area (Å²) in [7, 11) is 0. The molecule has 2 saturated heterocycles. The van der Waals surface area contributed by atoms with Crippen LogP contribution >= 0.6 is 11.8 Å². The Bertz CT molecular complexity index is 580. The van der Waals surface area contributed by atoms with Crippen LogP contribution in [0.4, 0.5) is 10.6 Å². The molecule has 23 heavy (non-hydrogen) atoms. The number of hydrogen-bond donors (Lipinski definition) is 3. The molecule has 7 nitrogen and oxygen atoms in total. The Morgan fingerprint density at radius 3 is 3.00 bits per heavy atom. The molecule has 2 fully saturated rings. The lowest BCUT2D eigenvalue weighted by Gasteiger charge is -2.16. The lowest BCUT2D eigenvalue weighted by Crippen LogP contribution is -2.36. The molecule has 0 spiro atoms. The van der Waals surface area contributed by atoms with E-state index >= 15 is 0 Å². The van der Waals surface area contributed by atoms with Crippen LogP contribution in [0, 0.1) is 6.92 Å². The summed E-state index contributed by atoms with van der Waals surface area (Å²) in [5, 5.41) is 17.0. The van der Waals surface area contributed by atoms with E-state index in [1.807, 2.05) is 24.8 Å².